The molecule has 0 heterocycles. The molecule has 0 aliphatic rings. The van der Waals surface area contributed by atoms with Crippen LogP contribution in [0.25, 0.3) is 0 Å². The van der Waals surface area contributed by atoms with E-state index in [9.17, 15) is 5.11 Å². The average Bonchev–Trinajstić information content (AvgIpc) is 2.14. The summed E-state index contributed by atoms with van der Waals surface area (Å²) in [5, 5.41) is 13.3. The summed E-state index contributed by atoms with van der Waals surface area (Å²) in [6, 6.07) is 0. The van der Waals surface area contributed by atoms with Gasteiger partial charge < -0.3 is 15.3 Å². The molecular formula is C14H32N2O. The third kappa shape index (κ3) is 7.74. The van der Waals surface area contributed by atoms with Gasteiger partial charge in [0.1, 0.15) is 0 Å². The van der Waals surface area contributed by atoms with E-state index in [0.29, 0.717) is 11.8 Å². The van der Waals surface area contributed by atoms with Crippen molar-refractivity contribution in [1.29, 1.82) is 0 Å². The van der Waals surface area contributed by atoms with Crippen molar-refractivity contribution < 1.29 is 5.11 Å². The van der Waals surface area contributed by atoms with Gasteiger partial charge in [0.15, 0.2) is 0 Å². The van der Waals surface area contributed by atoms with E-state index < -0.39 is 0 Å². The van der Waals surface area contributed by atoms with E-state index in [1.165, 1.54) is 0 Å². The number of nitrogens with one attached hydrogen (secondary N) is 1. The lowest BCUT2D eigenvalue weighted by Gasteiger charge is -2.37. The van der Waals surface area contributed by atoms with Gasteiger partial charge in [0.25, 0.3) is 0 Å². The lowest BCUT2D eigenvalue weighted by molar-refractivity contribution is 0.114. The molecule has 0 radical (unpaired) electrons. The van der Waals surface area contributed by atoms with Crippen LogP contribution in [-0.4, -0.2) is 49.3 Å². The largest absolute Gasteiger partial charge is 0.394 e. The topological polar surface area (TPSA) is 35.5 Å². The normalized spacial score (nSPS) is 13.1. The van der Waals surface area contributed by atoms with Gasteiger partial charge in [-0.2, -0.15) is 0 Å². The van der Waals surface area contributed by atoms with Crippen molar-refractivity contribution in [3.05, 3.63) is 0 Å². The summed E-state index contributed by atoms with van der Waals surface area (Å²) in [5.74, 6) is 1.21. The zero-order valence-corrected chi connectivity index (χ0v) is 12.6. The molecule has 0 unspecified atom stereocenters. The van der Waals surface area contributed by atoms with Crippen LogP contribution >= 0.6 is 0 Å². The summed E-state index contributed by atoms with van der Waals surface area (Å²) in [6.45, 7) is 11.1. The molecule has 104 valence electrons. The van der Waals surface area contributed by atoms with Crippen molar-refractivity contribution >= 4 is 0 Å². The Morgan fingerprint density at radius 1 is 1.06 bits per heavy atom. The van der Waals surface area contributed by atoms with Crippen LogP contribution in [0.4, 0.5) is 0 Å². The molecule has 0 saturated carbocycles. The Labute approximate surface area is 108 Å². The van der Waals surface area contributed by atoms with Crippen LogP contribution in [0.1, 0.15) is 40.5 Å². The first-order chi connectivity index (χ1) is 7.81. The van der Waals surface area contributed by atoms with Gasteiger partial charge in [-0.3, -0.25) is 0 Å². The fourth-order valence-electron chi connectivity index (χ4n) is 2.52. The highest BCUT2D eigenvalue weighted by molar-refractivity contribution is 4.89. The average molecular weight is 244 g/mol. The molecule has 2 N–H and O–H groups in total. The van der Waals surface area contributed by atoms with E-state index in [-0.39, 0.29) is 12.1 Å². The SMILES string of the molecule is CC(C)CC(CO)(CC(C)C)NCCN(C)C. The quantitative estimate of drug-likeness (QED) is 0.651. The summed E-state index contributed by atoms with van der Waals surface area (Å²) < 4.78 is 0. The lowest BCUT2D eigenvalue weighted by Crippen LogP contribution is -2.52. The molecule has 0 saturated heterocycles. The highest BCUT2D eigenvalue weighted by atomic mass is 16.3. The Bertz CT molecular complexity index is 181. The number of aliphatic hydroxyl groups excluding tert-OH is 1. The molecule has 0 rings (SSSR count). The van der Waals surface area contributed by atoms with Crippen molar-refractivity contribution in [2.75, 3.05) is 33.8 Å². The maximum atomic E-state index is 9.76. The molecular weight excluding hydrogens is 212 g/mol. The van der Waals surface area contributed by atoms with Crippen LogP contribution < -0.4 is 5.32 Å². The van der Waals surface area contributed by atoms with Crippen LogP contribution in [0.3, 0.4) is 0 Å². The summed E-state index contributed by atoms with van der Waals surface area (Å²) >= 11 is 0. The number of likely N-dealkylation sites (N-methyl/N-ethyl adjacent to an activating group) is 1. The van der Waals surface area contributed by atoms with Crippen molar-refractivity contribution in [2.24, 2.45) is 11.8 Å². The fraction of sp³-hybridized carbons (Fsp3) is 1.00. The second kappa shape index (κ2) is 8.06. The third-order valence-corrected chi connectivity index (χ3v) is 2.96. The number of hydrogen-bond acceptors (Lipinski definition) is 3. The van der Waals surface area contributed by atoms with E-state index in [1.807, 2.05) is 0 Å². The van der Waals surface area contributed by atoms with E-state index in [0.717, 1.165) is 25.9 Å². The molecule has 0 aromatic rings. The maximum Gasteiger partial charge on any atom is 0.0613 e. The molecule has 0 bridgehead atoms. The second-order valence-electron chi connectivity index (χ2n) is 6.36. The molecule has 3 nitrogen and oxygen atoms in total. The van der Waals surface area contributed by atoms with E-state index in [4.69, 9.17) is 0 Å². The molecule has 17 heavy (non-hydrogen) atoms. The Morgan fingerprint density at radius 2 is 1.53 bits per heavy atom. The summed E-state index contributed by atoms with van der Waals surface area (Å²) in [6.07, 6.45) is 2.07. The standard InChI is InChI=1S/C14H32N2O/c1-12(2)9-14(11-17,10-13(3)4)15-7-8-16(5)6/h12-13,15,17H,7-11H2,1-6H3. The van der Waals surface area contributed by atoms with Gasteiger partial charge in [-0.1, -0.05) is 27.7 Å². The number of hydrogen-bond donors (Lipinski definition) is 2. The zero-order chi connectivity index (χ0) is 13.5. The number of aliphatic hydroxyl groups is 1. The van der Waals surface area contributed by atoms with Gasteiger partial charge in [-0.15, -0.1) is 0 Å². The number of rotatable bonds is 9. The molecule has 0 aromatic carbocycles. The fourth-order valence-corrected chi connectivity index (χ4v) is 2.52. The van der Waals surface area contributed by atoms with Crippen LogP contribution in [0.5, 0.6) is 0 Å². The summed E-state index contributed by atoms with van der Waals surface area (Å²) in [5.41, 5.74) is -0.0989. The predicted molar refractivity (Wildman–Crippen MR) is 75.3 cm³/mol. The summed E-state index contributed by atoms with van der Waals surface area (Å²) in [7, 11) is 4.15. The van der Waals surface area contributed by atoms with Gasteiger partial charge in [0, 0.05) is 18.6 Å². The van der Waals surface area contributed by atoms with E-state index >= 15 is 0 Å². The molecule has 0 aromatic heterocycles. The first kappa shape index (κ1) is 16.9. The van der Waals surface area contributed by atoms with Crippen LogP contribution in [-0.2, 0) is 0 Å². The lowest BCUT2D eigenvalue weighted by atomic mass is 9.82. The Morgan fingerprint density at radius 3 is 1.82 bits per heavy atom. The minimum absolute atomic E-state index is 0.0989. The van der Waals surface area contributed by atoms with Crippen LogP contribution in [0.2, 0.25) is 0 Å². The van der Waals surface area contributed by atoms with Crippen molar-refractivity contribution in [3.8, 4) is 0 Å². The Hall–Kier alpha value is -0.120. The van der Waals surface area contributed by atoms with Crippen molar-refractivity contribution in [2.45, 2.75) is 46.1 Å². The van der Waals surface area contributed by atoms with Crippen molar-refractivity contribution in [1.82, 2.24) is 10.2 Å². The second-order valence-corrected chi connectivity index (χ2v) is 6.36. The molecule has 0 amide bonds. The third-order valence-electron chi connectivity index (χ3n) is 2.96. The highest BCUT2D eigenvalue weighted by Gasteiger charge is 2.30. The zero-order valence-electron chi connectivity index (χ0n) is 12.6. The van der Waals surface area contributed by atoms with Gasteiger partial charge in [0.2, 0.25) is 0 Å². The van der Waals surface area contributed by atoms with Crippen molar-refractivity contribution in [3.63, 3.8) is 0 Å². The predicted octanol–water partition coefficient (Wildman–Crippen LogP) is 1.96. The van der Waals surface area contributed by atoms with Gasteiger partial charge >= 0.3 is 0 Å². The Kier molecular flexibility index (Phi) is 8.01. The number of nitrogens with zero attached hydrogens (tertiary/aromatic N) is 1. The van der Waals surface area contributed by atoms with Crippen LogP contribution in [0, 0.1) is 11.8 Å². The molecule has 0 spiro atoms. The minimum Gasteiger partial charge on any atom is -0.394 e. The van der Waals surface area contributed by atoms with Gasteiger partial charge in [0.05, 0.1) is 6.61 Å². The van der Waals surface area contributed by atoms with Gasteiger partial charge in [-0.25, -0.2) is 0 Å². The maximum absolute atomic E-state index is 9.76. The monoisotopic (exact) mass is 244 g/mol. The van der Waals surface area contributed by atoms with Crippen LogP contribution in [0.15, 0.2) is 0 Å². The highest BCUT2D eigenvalue weighted by Crippen LogP contribution is 2.24. The molecule has 0 aliphatic heterocycles. The molecule has 0 aliphatic carbocycles. The van der Waals surface area contributed by atoms with E-state index in [2.05, 4.69) is 52.0 Å². The first-order valence-corrected chi connectivity index (χ1v) is 6.82. The first-order valence-electron chi connectivity index (χ1n) is 6.82. The minimum atomic E-state index is -0.0989. The Balaban J connectivity index is 4.44. The smallest absolute Gasteiger partial charge is 0.0613 e. The summed E-state index contributed by atoms with van der Waals surface area (Å²) in [4.78, 5) is 2.17. The molecule has 3 heteroatoms. The molecule has 0 atom stereocenters. The van der Waals surface area contributed by atoms with E-state index in [1.54, 1.807) is 0 Å². The van der Waals surface area contributed by atoms with Gasteiger partial charge in [-0.05, 0) is 38.8 Å². The molecule has 0 fully saturated rings.